The number of hydrogen-bond donors (Lipinski definition) is 1. The Bertz CT molecular complexity index is 793. The Morgan fingerprint density at radius 1 is 1.28 bits per heavy atom. The Hall–Kier alpha value is -1.69. The number of halogens is 2. The van der Waals surface area contributed by atoms with Gasteiger partial charge < -0.3 is 5.73 Å². The van der Waals surface area contributed by atoms with E-state index in [0.29, 0.717) is 24.4 Å². The standard InChI is InChI=1S/C18H20ClN3O2.ClH/c1-10-5-14(22-9-13(19)8-21-22)6-11(2)16(10)17-15(23)7-12(3-4-20)18(17)24;/h5-6,8-9,12,17H,3-4,7,20H2,1-2H3;1H. The number of carbonyl (C=O) groups excluding carboxylic acids is 2. The van der Waals surface area contributed by atoms with E-state index in [-0.39, 0.29) is 29.9 Å². The number of benzene rings is 1. The number of aromatic nitrogens is 2. The molecule has 134 valence electrons. The van der Waals surface area contributed by atoms with Crippen molar-refractivity contribution in [3.8, 4) is 5.69 Å². The van der Waals surface area contributed by atoms with Gasteiger partial charge in [0.15, 0.2) is 5.78 Å². The van der Waals surface area contributed by atoms with Gasteiger partial charge in [0.25, 0.3) is 0 Å². The zero-order valence-electron chi connectivity index (χ0n) is 14.2. The first-order chi connectivity index (χ1) is 11.4. The molecule has 1 fully saturated rings. The van der Waals surface area contributed by atoms with Crippen molar-refractivity contribution < 1.29 is 9.59 Å². The molecule has 1 aromatic carbocycles. The summed E-state index contributed by atoms with van der Waals surface area (Å²) in [5, 5.41) is 4.75. The van der Waals surface area contributed by atoms with E-state index >= 15 is 0 Å². The van der Waals surface area contributed by atoms with Crippen LogP contribution >= 0.6 is 24.0 Å². The normalized spacial score (nSPS) is 20.0. The van der Waals surface area contributed by atoms with Gasteiger partial charge in [-0.3, -0.25) is 9.59 Å². The highest BCUT2D eigenvalue weighted by atomic mass is 35.5. The first-order valence-corrected chi connectivity index (χ1v) is 8.38. The number of ketones is 2. The highest BCUT2D eigenvalue weighted by Crippen LogP contribution is 2.37. The van der Waals surface area contributed by atoms with E-state index in [1.54, 1.807) is 17.1 Å². The van der Waals surface area contributed by atoms with Crippen molar-refractivity contribution in [3.63, 3.8) is 0 Å². The van der Waals surface area contributed by atoms with Crippen molar-refractivity contribution in [2.75, 3.05) is 6.54 Å². The molecule has 0 saturated heterocycles. The van der Waals surface area contributed by atoms with Crippen LogP contribution in [0.25, 0.3) is 5.69 Å². The van der Waals surface area contributed by atoms with E-state index in [1.165, 1.54) is 0 Å². The average Bonchev–Trinajstić information content (AvgIpc) is 3.06. The van der Waals surface area contributed by atoms with E-state index in [0.717, 1.165) is 22.4 Å². The summed E-state index contributed by atoms with van der Waals surface area (Å²) in [6, 6.07) is 3.87. The Kier molecular flexibility index (Phi) is 6.03. The Morgan fingerprint density at radius 2 is 1.92 bits per heavy atom. The van der Waals surface area contributed by atoms with Crippen LogP contribution in [0.15, 0.2) is 24.5 Å². The van der Waals surface area contributed by atoms with Gasteiger partial charge in [-0.05, 0) is 55.6 Å². The SMILES string of the molecule is Cc1cc(-n2cc(Cl)cn2)cc(C)c1C1C(=O)CC(CCN)C1=O.Cl. The number of nitrogens with zero attached hydrogens (tertiary/aromatic N) is 2. The van der Waals surface area contributed by atoms with Crippen molar-refractivity contribution in [2.45, 2.75) is 32.6 Å². The molecule has 1 heterocycles. The largest absolute Gasteiger partial charge is 0.330 e. The van der Waals surface area contributed by atoms with Crippen LogP contribution in [-0.4, -0.2) is 27.9 Å². The maximum atomic E-state index is 12.7. The summed E-state index contributed by atoms with van der Waals surface area (Å²) in [5.74, 6) is -0.890. The highest BCUT2D eigenvalue weighted by Gasteiger charge is 2.42. The molecule has 0 radical (unpaired) electrons. The monoisotopic (exact) mass is 381 g/mol. The lowest BCUT2D eigenvalue weighted by molar-refractivity contribution is -0.124. The molecule has 7 heteroatoms. The van der Waals surface area contributed by atoms with Crippen molar-refractivity contribution in [2.24, 2.45) is 11.7 Å². The molecule has 1 aromatic heterocycles. The number of rotatable bonds is 4. The molecule has 25 heavy (non-hydrogen) atoms. The fourth-order valence-corrected chi connectivity index (χ4v) is 3.72. The van der Waals surface area contributed by atoms with Crippen LogP contribution < -0.4 is 5.73 Å². The van der Waals surface area contributed by atoms with E-state index in [9.17, 15) is 9.59 Å². The molecule has 1 aliphatic carbocycles. The number of nitrogens with two attached hydrogens (primary N) is 1. The van der Waals surface area contributed by atoms with Crippen LogP contribution in [0.2, 0.25) is 5.02 Å². The van der Waals surface area contributed by atoms with Gasteiger partial charge in [-0.15, -0.1) is 12.4 Å². The quantitative estimate of drug-likeness (QED) is 0.824. The number of hydrogen-bond acceptors (Lipinski definition) is 4. The minimum atomic E-state index is -0.656. The summed E-state index contributed by atoms with van der Waals surface area (Å²) in [7, 11) is 0. The lowest BCUT2D eigenvalue weighted by atomic mass is 9.87. The smallest absolute Gasteiger partial charge is 0.151 e. The van der Waals surface area contributed by atoms with Gasteiger partial charge in [0, 0.05) is 18.5 Å². The van der Waals surface area contributed by atoms with Gasteiger partial charge in [0.05, 0.1) is 16.9 Å². The topological polar surface area (TPSA) is 78.0 Å². The van der Waals surface area contributed by atoms with Gasteiger partial charge in [-0.1, -0.05) is 11.6 Å². The lowest BCUT2D eigenvalue weighted by Crippen LogP contribution is -2.19. The second-order valence-electron chi connectivity index (χ2n) is 6.38. The molecule has 2 aromatic rings. The minimum absolute atomic E-state index is 0. The zero-order chi connectivity index (χ0) is 17.4. The van der Waals surface area contributed by atoms with Gasteiger partial charge in [0.2, 0.25) is 0 Å². The van der Waals surface area contributed by atoms with Crippen LogP contribution in [0.3, 0.4) is 0 Å². The Labute approximate surface area is 157 Å². The summed E-state index contributed by atoms with van der Waals surface area (Å²) in [5.41, 5.74) is 9.07. The molecule has 1 aliphatic rings. The highest BCUT2D eigenvalue weighted by molar-refractivity contribution is 6.30. The van der Waals surface area contributed by atoms with Crippen molar-refractivity contribution in [3.05, 3.63) is 46.2 Å². The zero-order valence-corrected chi connectivity index (χ0v) is 15.7. The van der Waals surface area contributed by atoms with Crippen LogP contribution in [0.5, 0.6) is 0 Å². The number of carbonyl (C=O) groups is 2. The third kappa shape index (κ3) is 3.64. The first kappa shape index (κ1) is 19.6. The number of Topliss-reactive ketones (excluding diaryl/α,β-unsaturated/α-hetero) is 2. The molecule has 0 aliphatic heterocycles. The van der Waals surface area contributed by atoms with E-state index in [4.69, 9.17) is 17.3 Å². The molecule has 2 N–H and O–H groups in total. The summed E-state index contributed by atoms with van der Waals surface area (Å²) in [6.45, 7) is 4.27. The molecular formula is C18H21Cl2N3O2. The van der Waals surface area contributed by atoms with Crippen molar-refractivity contribution in [1.82, 2.24) is 9.78 Å². The third-order valence-corrected chi connectivity index (χ3v) is 4.85. The molecule has 2 unspecified atom stereocenters. The predicted molar refractivity (Wildman–Crippen MR) is 99.8 cm³/mol. The second kappa shape index (κ2) is 7.68. The van der Waals surface area contributed by atoms with E-state index in [2.05, 4.69) is 5.10 Å². The summed E-state index contributed by atoms with van der Waals surface area (Å²) >= 11 is 5.93. The molecule has 2 atom stereocenters. The van der Waals surface area contributed by atoms with E-state index in [1.807, 2.05) is 26.0 Å². The maximum absolute atomic E-state index is 12.7. The fourth-order valence-electron chi connectivity index (χ4n) is 3.59. The van der Waals surface area contributed by atoms with Crippen LogP contribution in [0, 0.1) is 19.8 Å². The third-order valence-electron chi connectivity index (χ3n) is 4.65. The molecule has 5 nitrogen and oxygen atoms in total. The Morgan fingerprint density at radius 3 is 2.44 bits per heavy atom. The predicted octanol–water partition coefficient (Wildman–Crippen LogP) is 3.15. The van der Waals surface area contributed by atoms with Crippen molar-refractivity contribution in [1.29, 1.82) is 0 Å². The second-order valence-corrected chi connectivity index (χ2v) is 6.81. The van der Waals surface area contributed by atoms with Gasteiger partial charge >= 0.3 is 0 Å². The minimum Gasteiger partial charge on any atom is -0.330 e. The summed E-state index contributed by atoms with van der Waals surface area (Å²) in [4.78, 5) is 25.1. The molecule has 0 amide bonds. The van der Waals surface area contributed by atoms with Crippen LogP contribution in [0.4, 0.5) is 0 Å². The average molecular weight is 382 g/mol. The number of aryl methyl sites for hydroxylation is 2. The molecule has 1 saturated carbocycles. The van der Waals surface area contributed by atoms with Gasteiger partial charge in [-0.2, -0.15) is 5.10 Å². The summed E-state index contributed by atoms with van der Waals surface area (Å²) < 4.78 is 1.68. The van der Waals surface area contributed by atoms with Crippen LogP contribution in [-0.2, 0) is 9.59 Å². The molecular weight excluding hydrogens is 361 g/mol. The van der Waals surface area contributed by atoms with Gasteiger partial charge in [-0.25, -0.2) is 4.68 Å². The first-order valence-electron chi connectivity index (χ1n) is 8.00. The van der Waals surface area contributed by atoms with E-state index < -0.39 is 5.92 Å². The fraction of sp³-hybridized carbons (Fsp3) is 0.389. The van der Waals surface area contributed by atoms with Crippen LogP contribution in [0.1, 0.15) is 35.4 Å². The maximum Gasteiger partial charge on any atom is 0.151 e. The van der Waals surface area contributed by atoms with Gasteiger partial charge in [0.1, 0.15) is 11.7 Å². The molecule has 0 bridgehead atoms. The molecule has 3 rings (SSSR count). The van der Waals surface area contributed by atoms with Crippen molar-refractivity contribution >= 4 is 35.6 Å². The summed E-state index contributed by atoms with van der Waals surface area (Å²) in [6.07, 6.45) is 4.17. The molecule has 0 spiro atoms. The lowest BCUT2D eigenvalue weighted by Gasteiger charge is -2.17. The Balaban J connectivity index is 0.00000225.